The molecule has 0 amide bonds. The fraction of sp³-hybridized carbons (Fsp3) is 0.286. The van der Waals surface area contributed by atoms with Crippen LogP contribution in [0.3, 0.4) is 0 Å². The van der Waals surface area contributed by atoms with Gasteiger partial charge in [-0.25, -0.2) is 9.67 Å². The van der Waals surface area contributed by atoms with Crippen molar-refractivity contribution < 1.29 is 19.2 Å². The molecular weight excluding hydrogens is 503 g/mol. The predicted molar refractivity (Wildman–Crippen MR) is 146 cm³/mol. The SMILES string of the molecule is CCC(CC)CC(ON=O)c1ncn(C(c2ccccc2)(c2ccccc2)c2ccccc2)n1.O=[PH](O)O. The second kappa shape index (κ2) is 14.3. The largest absolute Gasteiger partial charge is 0.352 e. The second-order valence-electron chi connectivity index (χ2n) is 8.73. The maximum Gasteiger partial charge on any atom is 0.314 e. The van der Waals surface area contributed by atoms with Gasteiger partial charge in [-0.3, -0.25) is 4.57 Å². The molecule has 200 valence electrons. The zero-order valence-corrected chi connectivity index (χ0v) is 22.4. The number of nitrogens with zero attached hydrogens (tertiary/aromatic N) is 4. The van der Waals surface area contributed by atoms with Crippen molar-refractivity contribution in [1.82, 2.24) is 14.8 Å². The molecule has 3 aromatic carbocycles. The zero-order valence-electron chi connectivity index (χ0n) is 21.4. The molecule has 4 rings (SSSR count). The van der Waals surface area contributed by atoms with Gasteiger partial charge in [-0.05, 0) is 29.0 Å². The standard InChI is InChI=1S/C28H30N4O2.H3O3P/c1-3-22(4-2)20-26(34-31-33)27-29-21-32(30-27)28(23-14-8-5-9-15-23,24-16-10-6-11-17-24)25-18-12-7-13-19-25;1-4(2)3/h5-19,21-22,26H,3-4,20H2,1-2H3;4H,(H2,1,2,3). The molecule has 2 N–H and O–H groups in total. The molecule has 0 bridgehead atoms. The van der Waals surface area contributed by atoms with E-state index in [2.05, 4.69) is 60.6 Å². The van der Waals surface area contributed by atoms with Crippen molar-refractivity contribution in [3.05, 3.63) is 125 Å². The Balaban J connectivity index is 0.000000934. The van der Waals surface area contributed by atoms with E-state index < -0.39 is 19.9 Å². The van der Waals surface area contributed by atoms with Crippen LogP contribution in [0.4, 0.5) is 0 Å². The molecule has 10 heteroatoms. The summed E-state index contributed by atoms with van der Waals surface area (Å²) < 4.78 is 10.6. The van der Waals surface area contributed by atoms with Gasteiger partial charge in [0.15, 0.2) is 17.3 Å². The minimum absolute atomic E-state index is 0.390. The van der Waals surface area contributed by atoms with Crippen LogP contribution >= 0.6 is 8.25 Å². The molecule has 1 unspecified atom stereocenters. The van der Waals surface area contributed by atoms with Gasteiger partial charge in [-0.15, -0.1) is 4.91 Å². The van der Waals surface area contributed by atoms with Crippen LogP contribution in [-0.4, -0.2) is 24.6 Å². The second-order valence-corrected chi connectivity index (χ2v) is 9.29. The lowest BCUT2D eigenvalue weighted by Gasteiger charge is -2.35. The number of hydrogen-bond acceptors (Lipinski definition) is 6. The summed E-state index contributed by atoms with van der Waals surface area (Å²) in [7, 11) is -3.13. The van der Waals surface area contributed by atoms with E-state index >= 15 is 0 Å². The highest BCUT2D eigenvalue weighted by atomic mass is 31.1. The molecule has 9 nitrogen and oxygen atoms in total. The van der Waals surface area contributed by atoms with Crippen LogP contribution in [0.1, 0.15) is 61.7 Å². The van der Waals surface area contributed by atoms with E-state index in [1.54, 1.807) is 6.33 Å². The summed E-state index contributed by atoms with van der Waals surface area (Å²) in [5.74, 6) is 0.847. The third-order valence-corrected chi connectivity index (χ3v) is 6.59. The minimum Gasteiger partial charge on any atom is -0.352 e. The molecule has 0 saturated carbocycles. The average Bonchev–Trinajstić information content (AvgIpc) is 3.43. The van der Waals surface area contributed by atoms with Crippen molar-refractivity contribution in [3.8, 4) is 0 Å². The van der Waals surface area contributed by atoms with Gasteiger partial charge < -0.3 is 14.6 Å². The smallest absolute Gasteiger partial charge is 0.314 e. The lowest BCUT2D eigenvalue weighted by atomic mass is 9.77. The van der Waals surface area contributed by atoms with Crippen molar-refractivity contribution in [2.45, 2.75) is 44.8 Å². The Kier molecular flexibility index (Phi) is 10.9. The van der Waals surface area contributed by atoms with Crippen molar-refractivity contribution >= 4 is 8.25 Å². The van der Waals surface area contributed by atoms with Gasteiger partial charge in [-0.2, -0.15) is 5.10 Å². The lowest BCUT2D eigenvalue weighted by molar-refractivity contribution is 0.0290. The fourth-order valence-electron chi connectivity index (χ4n) is 4.69. The Morgan fingerprint density at radius 1 is 0.868 bits per heavy atom. The molecule has 1 atom stereocenters. The maximum absolute atomic E-state index is 11.1. The fourth-order valence-corrected chi connectivity index (χ4v) is 4.69. The van der Waals surface area contributed by atoms with Gasteiger partial charge in [0, 0.05) is 0 Å². The van der Waals surface area contributed by atoms with E-state index in [9.17, 15) is 4.91 Å². The van der Waals surface area contributed by atoms with E-state index in [4.69, 9.17) is 24.3 Å². The van der Waals surface area contributed by atoms with Crippen LogP contribution in [0.25, 0.3) is 0 Å². The average molecular weight is 537 g/mol. The van der Waals surface area contributed by atoms with Gasteiger partial charge in [0.2, 0.25) is 0 Å². The van der Waals surface area contributed by atoms with E-state index in [-0.39, 0.29) is 0 Å². The van der Waals surface area contributed by atoms with Crippen molar-refractivity contribution in [2.24, 2.45) is 11.3 Å². The van der Waals surface area contributed by atoms with Crippen LogP contribution < -0.4 is 0 Å². The zero-order chi connectivity index (χ0) is 27.4. The molecular formula is C28H33N4O5P. The molecule has 0 spiro atoms. The van der Waals surface area contributed by atoms with Gasteiger partial charge in [0.05, 0.1) is 0 Å². The molecule has 0 saturated heterocycles. The summed E-state index contributed by atoms with van der Waals surface area (Å²) in [6.07, 6.45) is 3.74. The van der Waals surface area contributed by atoms with E-state index in [1.165, 1.54) is 0 Å². The third-order valence-electron chi connectivity index (χ3n) is 6.59. The summed E-state index contributed by atoms with van der Waals surface area (Å²) in [4.78, 5) is 35.3. The Labute approximate surface area is 223 Å². The van der Waals surface area contributed by atoms with Crippen LogP contribution in [0, 0.1) is 10.8 Å². The Bertz CT molecular complexity index is 1170. The quantitative estimate of drug-likeness (QED) is 0.103. The normalized spacial score (nSPS) is 12.1. The van der Waals surface area contributed by atoms with Crippen molar-refractivity contribution in [3.63, 3.8) is 0 Å². The highest BCUT2D eigenvalue weighted by Crippen LogP contribution is 2.40. The molecule has 0 radical (unpaired) electrons. The first-order valence-electron chi connectivity index (χ1n) is 12.5. The Morgan fingerprint density at radius 2 is 1.29 bits per heavy atom. The maximum atomic E-state index is 11.1. The summed E-state index contributed by atoms with van der Waals surface area (Å²) >= 11 is 0. The first kappa shape index (κ1) is 28.9. The topological polar surface area (TPSA) is 127 Å². The Morgan fingerprint density at radius 3 is 1.66 bits per heavy atom. The van der Waals surface area contributed by atoms with Crippen molar-refractivity contribution in [1.29, 1.82) is 0 Å². The number of hydrogen-bond donors (Lipinski definition) is 2. The van der Waals surface area contributed by atoms with Gasteiger partial charge >= 0.3 is 8.25 Å². The molecule has 0 aliphatic heterocycles. The van der Waals surface area contributed by atoms with Crippen molar-refractivity contribution in [2.75, 3.05) is 0 Å². The molecule has 1 aromatic heterocycles. The van der Waals surface area contributed by atoms with Crippen LogP contribution in [0.15, 0.2) is 103 Å². The summed E-state index contributed by atoms with van der Waals surface area (Å²) in [5, 5.41) is 7.67. The molecule has 0 fully saturated rings. The number of benzene rings is 3. The van der Waals surface area contributed by atoms with E-state index in [0.29, 0.717) is 18.2 Å². The highest BCUT2D eigenvalue weighted by molar-refractivity contribution is 7.30. The minimum atomic E-state index is -3.13. The van der Waals surface area contributed by atoms with Crippen LogP contribution in [0.5, 0.6) is 0 Å². The summed E-state index contributed by atoms with van der Waals surface area (Å²) in [5.41, 5.74) is 2.39. The highest BCUT2D eigenvalue weighted by Gasteiger charge is 2.40. The lowest BCUT2D eigenvalue weighted by Crippen LogP contribution is -2.38. The Hall–Kier alpha value is -3.65. The third kappa shape index (κ3) is 6.81. The van der Waals surface area contributed by atoms with Crippen LogP contribution in [-0.2, 0) is 14.9 Å². The van der Waals surface area contributed by atoms with Gasteiger partial charge in [0.1, 0.15) is 11.9 Å². The molecule has 4 aromatic rings. The van der Waals surface area contributed by atoms with E-state index in [0.717, 1.165) is 29.5 Å². The monoisotopic (exact) mass is 536 g/mol. The van der Waals surface area contributed by atoms with Gasteiger partial charge in [-0.1, -0.05) is 118 Å². The molecule has 0 aliphatic carbocycles. The summed E-state index contributed by atoms with van der Waals surface area (Å²) in [6.45, 7) is 4.27. The predicted octanol–water partition coefficient (Wildman–Crippen LogP) is 6.04. The van der Waals surface area contributed by atoms with Gasteiger partial charge in [0.25, 0.3) is 0 Å². The molecule has 38 heavy (non-hydrogen) atoms. The van der Waals surface area contributed by atoms with Crippen LogP contribution in [0.2, 0.25) is 0 Å². The first-order valence-corrected chi connectivity index (χ1v) is 13.8. The molecule has 0 aliphatic rings. The number of rotatable bonds is 11. The van der Waals surface area contributed by atoms with E-state index in [1.807, 2.05) is 59.3 Å². The number of aromatic nitrogens is 3. The first-order chi connectivity index (χ1) is 18.5. The summed E-state index contributed by atoms with van der Waals surface area (Å²) in [6, 6.07) is 30.8. The molecule has 1 heterocycles.